The van der Waals surface area contributed by atoms with E-state index in [1.807, 2.05) is 6.92 Å². The lowest BCUT2D eigenvalue weighted by atomic mass is 9.95. The normalized spacial score (nSPS) is 26.8. The fraction of sp³-hybridized carbons (Fsp3) is 0.846. The lowest BCUT2D eigenvalue weighted by Crippen LogP contribution is -2.56. The number of hydrogen-bond donors (Lipinski definition) is 2. The van der Waals surface area contributed by atoms with Crippen LogP contribution in [0, 0.1) is 5.92 Å². The van der Waals surface area contributed by atoms with E-state index in [1.165, 1.54) is 4.90 Å². The summed E-state index contributed by atoms with van der Waals surface area (Å²) in [5.74, 6) is -0.499. The average Bonchev–Trinajstić information content (AvgIpc) is 3.12. The van der Waals surface area contributed by atoms with Crippen molar-refractivity contribution in [3.63, 3.8) is 0 Å². The fourth-order valence-electron chi connectivity index (χ4n) is 2.36. The van der Waals surface area contributed by atoms with Gasteiger partial charge >= 0.3 is 12.0 Å². The van der Waals surface area contributed by atoms with Crippen LogP contribution < -0.4 is 5.32 Å². The topological polar surface area (TPSA) is 78.9 Å². The van der Waals surface area contributed by atoms with Crippen LogP contribution in [-0.4, -0.2) is 53.8 Å². The van der Waals surface area contributed by atoms with Crippen molar-refractivity contribution in [1.82, 2.24) is 10.2 Å². The summed E-state index contributed by atoms with van der Waals surface area (Å²) >= 11 is 0. The number of urea groups is 1. The highest BCUT2D eigenvalue weighted by Gasteiger charge is 2.33. The summed E-state index contributed by atoms with van der Waals surface area (Å²) in [7, 11) is 0. The fourth-order valence-corrected chi connectivity index (χ4v) is 2.36. The Kier molecular flexibility index (Phi) is 4.29. The highest BCUT2D eigenvalue weighted by molar-refractivity contribution is 5.80. The van der Waals surface area contributed by atoms with Gasteiger partial charge in [-0.25, -0.2) is 4.79 Å². The zero-order valence-electron chi connectivity index (χ0n) is 11.4. The average molecular weight is 270 g/mol. The number of carboxylic acid groups (broad SMARTS) is 1. The first kappa shape index (κ1) is 14.1. The summed E-state index contributed by atoms with van der Waals surface area (Å²) in [5, 5.41) is 11.8. The summed E-state index contributed by atoms with van der Waals surface area (Å²) in [6.45, 7) is 3.46. The van der Waals surface area contributed by atoms with Crippen LogP contribution in [0.2, 0.25) is 0 Å². The van der Waals surface area contributed by atoms with Gasteiger partial charge in [0.25, 0.3) is 0 Å². The molecule has 6 nitrogen and oxygen atoms in total. The zero-order valence-corrected chi connectivity index (χ0v) is 11.4. The van der Waals surface area contributed by atoms with Gasteiger partial charge in [0.1, 0.15) is 6.54 Å². The van der Waals surface area contributed by atoms with E-state index in [9.17, 15) is 9.59 Å². The molecule has 0 spiro atoms. The van der Waals surface area contributed by atoms with E-state index >= 15 is 0 Å². The lowest BCUT2D eigenvalue weighted by molar-refractivity contribution is -0.137. The Morgan fingerprint density at radius 2 is 2.21 bits per heavy atom. The molecule has 1 saturated carbocycles. The Morgan fingerprint density at radius 1 is 1.47 bits per heavy atom. The van der Waals surface area contributed by atoms with Crippen LogP contribution in [0.25, 0.3) is 0 Å². The van der Waals surface area contributed by atoms with Crippen molar-refractivity contribution in [2.45, 2.75) is 38.1 Å². The number of ether oxygens (including phenoxy) is 1. The number of nitrogens with one attached hydrogen (secondary N) is 1. The maximum Gasteiger partial charge on any atom is 0.323 e. The van der Waals surface area contributed by atoms with Gasteiger partial charge in [0.15, 0.2) is 0 Å². The second-order valence-corrected chi connectivity index (χ2v) is 5.86. The summed E-state index contributed by atoms with van der Waals surface area (Å²) in [6, 6.07) is -0.290. The molecule has 19 heavy (non-hydrogen) atoms. The molecule has 2 rings (SSSR count). The molecule has 0 aromatic rings. The van der Waals surface area contributed by atoms with Gasteiger partial charge in [0.2, 0.25) is 0 Å². The predicted octanol–water partition coefficient (Wildman–Crippen LogP) is 1.06. The third-order valence-electron chi connectivity index (χ3n) is 3.64. The second kappa shape index (κ2) is 5.77. The molecule has 1 atom stereocenters. The monoisotopic (exact) mass is 270 g/mol. The van der Waals surface area contributed by atoms with E-state index < -0.39 is 5.97 Å². The largest absolute Gasteiger partial charge is 0.480 e. The Hall–Kier alpha value is -1.30. The van der Waals surface area contributed by atoms with E-state index in [-0.39, 0.29) is 18.1 Å². The molecule has 2 aliphatic rings. The van der Waals surface area contributed by atoms with Gasteiger partial charge in [-0.1, -0.05) is 0 Å². The quantitative estimate of drug-likeness (QED) is 0.783. The first-order valence-electron chi connectivity index (χ1n) is 6.85. The summed E-state index contributed by atoms with van der Waals surface area (Å²) in [4.78, 5) is 24.5. The molecule has 2 fully saturated rings. The number of hydrogen-bond acceptors (Lipinski definition) is 3. The van der Waals surface area contributed by atoms with Crippen LogP contribution >= 0.6 is 0 Å². The van der Waals surface area contributed by atoms with Crippen molar-refractivity contribution in [3.05, 3.63) is 0 Å². The standard InChI is InChI=1S/C13H22N2O4/c1-13(5-2-6-19-9-13)14-12(18)15(8-11(16)17)7-10-3-4-10/h10H,2-9H2,1H3,(H,14,18)(H,16,17). The molecule has 1 heterocycles. The second-order valence-electron chi connectivity index (χ2n) is 5.86. The molecular formula is C13H22N2O4. The smallest absolute Gasteiger partial charge is 0.323 e. The minimum Gasteiger partial charge on any atom is -0.480 e. The molecule has 108 valence electrons. The highest BCUT2D eigenvalue weighted by Crippen LogP contribution is 2.30. The van der Waals surface area contributed by atoms with Crippen molar-refractivity contribution in [2.24, 2.45) is 5.92 Å². The summed E-state index contributed by atoms with van der Waals surface area (Å²) in [6.07, 6.45) is 3.95. The SMILES string of the molecule is CC1(NC(=O)N(CC(=O)O)CC2CC2)CCCOC1. The predicted molar refractivity (Wildman–Crippen MR) is 68.9 cm³/mol. The first-order valence-corrected chi connectivity index (χ1v) is 6.85. The molecule has 0 aromatic heterocycles. The highest BCUT2D eigenvalue weighted by atomic mass is 16.5. The van der Waals surface area contributed by atoms with Gasteiger partial charge in [-0.3, -0.25) is 4.79 Å². The van der Waals surface area contributed by atoms with Crippen LogP contribution in [0.3, 0.4) is 0 Å². The van der Waals surface area contributed by atoms with Gasteiger partial charge in [-0.05, 0) is 38.5 Å². The van der Waals surface area contributed by atoms with Crippen molar-refractivity contribution in [1.29, 1.82) is 0 Å². The van der Waals surface area contributed by atoms with Crippen LogP contribution in [0.4, 0.5) is 4.79 Å². The molecule has 2 N–H and O–H groups in total. The summed E-state index contributed by atoms with van der Waals surface area (Å²) < 4.78 is 5.39. The van der Waals surface area contributed by atoms with E-state index in [4.69, 9.17) is 9.84 Å². The van der Waals surface area contributed by atoms with Gasteiger partial charge in [-0.15, -0.1) is 0 Å². The number of rotatable bonds is 5. The van der Waals surface area contributed by atoms with Crippen LogP contribution in [0.15, 0.2) is 0 Å². The number of nitrogens with zero attached hydrogens (tertiary/aromatic N) is 1. The van der Waals surface area contributed by atoms with Gasteiger partial charge in [0, 0.05) is 13.2 Å². The maximum absolute atomic E-state index is 12.2. The molecule has 1 saturated heterocycles. The molecule has 1 aliphatic carbocycles. The van der Waals surface area contributed by atoms with Crippen LogP contribution in [-0.2, 0) is 9.53 Å². The zero-order chi connectivity index (χ0) is 13.9. The van der Waals surface area contributed by atoms with E-state index in [2.05, 4.69) is 5.32 Å². The van der Waals surface area contributed by atoms with Gasteiger partial charge in [-0.2, -0.15) is 0 Å². The van der Waals surface area contributed by atoms with Crippen molar-refractivity contribution in [2.75, 3.05) is 26.3 Å². The molecule has 1 aliphatic heterocycles. The van der Waals surface area contributed by atoms with Crippen LogP contribution in [0.1, 0.15) is 32.6 Å². The van der Waals surface area contributed by atoms with E-state index in [0.717, 1.165) is 32.3 Å². The van der Waals surface area contributed by atoms with Crippen molar-refractivity contribution >= 4 is 12.0 Å². The Balaban J connectivity index is 1.91. The third-order valence-corrected chi connectivity index (χ3v) is 3.64. The Bertz CT molecular complexity index is 349. The van der Waals surface area contributed by atoms with Crippen LogP contribution in [0.5, 0.6) is 0 Å². The Labute approximate surface area is 113 Å². The van der Waals surface area contributed by atoms with Gasteiger partial charge in [0.05, 0.1) is 12.1 Å². The minimum atomic E-state index is -0.971. The van der Waals surface area contributed by atoms with Gasteiger partial charge < -0.3 is 20.1 Å². The van der Waals surface area contributed by atoms with Crippen molar-refractivity contribution in [3.8, 4) is 0 Å². The van der Waals surface area contributed by atoms with Crippen molar-refractivity contribution < 1.29 is 19.4 Å². The molecule has 0 aromatic carbocycles. The number of aliphatic carboxylic acids is 1. The number of carboxylic acids is 1. The van der Waals surface area contributed by atoms with E-state index in [1.54, 1.807) is 0 Å². The number of carbonyl (C=O) groups excluding carboxylic acids is 1. The molecule has 0 radical (unpaired) electrons. The van der Waals surface area contributed by atoms with E-state index in [0.29, 0.717) is 19.1 Å². The molecular weight excluding hydrogens is 248 g/mol. The number of carbonyl (C=O) groups is 2. The Morgan fingerprint density at radius 3 is 2.74 bits per heavy atom. The third kappa shape index (κ3) is 4.38. The number of amides is 2. The minimum absolute atomic E-state index is 0.237. The maximum atomic E-state index is 12.2. The first-order chi connectivity index (χ1) is 8.98. The molecule has 2 amide bonds. The molecule has 0 bridgehead atoms. The molecule has 6 heteroatoms. The molecule has 1 unspecified atom stereocenters. The summed E-state index contributed by atoms with van der Waals surface area (Å²) in [5.41, 5.74) is -0.379. The lowest BCUT2D eigenvalue weighted by Gasteiger charge is -2.36.